The van der Waals surface area contributed by atoms with Gasteiger partial charge in [-0.3, -0.25) is 23.9 Å². The van der Waals surface area contributed by atoms with Gasteiger partial charge in [0.15, 0.2) is 17.3 Å². The molecule has 4 aromatic rings. The first-order valence-corrected chi connectivity index (χ1v) is 13.5. The van der Waals surface area contributed by atoms with Crippen LogP contribution in [0.4, 0.5) is 5.82 Å². The number of benzene rings is 2. The van der Waals surface area contributed by atoms with Crippen molar-refractivity contribution in [3.05, 3.63) is 89.8 Å². The number of amides is 2. The van der Waals surface area contributed by atoms with E-state index in [1.807, 2.05) is 41.0 Å². The molecule has 2 N–H and O–H groups in total. The number of nitrogens with zero attached hydrogens (tertiary/aromatic N) is 4. The van der Waals surface area contributed by atoms with Crippen LogP contribution in [0.15, 0.2) is 78.1 Å². The number of ether oxygens (including phenoxy) is 2. The molecule has 5 rings (SSSR count). The summed E-state index contributed by atoms with van der Waals surface area (Å²) in [6.45, 7) is 1.68. The number of fused-ring (bicyclic) bond motifs is 3. The minimum atomic E-state index is -0.451. The zero-order valence-corrected chi connectivity index (χ0v) is 23.1. The summed E-state index contributed by atoms with van der Waals surface area (Å²) in [5.41, 5.74) is 2.01. The summed E-state index contributed by atoms with van der Waals surface area (Å²) in [5, 5.41) is 6.90. The Kier molecular flexibility index (Phi) is 8.97. The summed E-state index contributed by atoms with van der Waals surface area (Å²) in [5.74, 6) is 0.787. The lowest BCUT2D eigenvalue weighted by Crippen LogP contribution is -2.28. The van der Waals surface area contributed by atoms with Gasteiger partial charge in [-0.25, -0.2) is 4.98 Å². The average Bonchev–Trinajstić information content (AvgIpc) is 3.52. The largest absolute Gasteiger partial charge is 0.491 e. The van der Waals surface area contributed by atoms with Crippen molar-refractivity contribution in [1.82, 2.24) is 19.9 Å². The van der Waals surface area contributed by atoms with E-state index in [1.165, 1.54) is 19.4 Å². The van der Waals surface area contributed by atoms with E-state index < -0.39 is 5.91 Å². The molecule has 11 nitrogen and oxygen atoms in total. The molecule has 0 aliphatic carbocycles. The number of rotatable bonds is 11. The molecule has 0 spiro atoms. The van der Waals surface area contributed by atoms with E-state index in [0.717, 1.165) is 16.8 Å². The summed E-state index contributed by atoms with van der Waals surface area (Å²) in [6.07, 6.45) is 6.48. The molecule has 2 aromatic heterocycles. The minimum absolute atomic E-state index is 0.0843. The Morgan fingerprint density at radius 1 is 1.10 bits per heavy atom. The highest BCUT2D eigenvalue weighted by atomic mass is 16.5. The first kappa shape index (κ1) is 28.2. The van der Waals surface area contributed by atoms with Gasteiger partial charge in [0.1, 0.15) is 17.9 Å². The maximum absolute atomic E-state index is 12.8. The van der Waals surface area contributed by atoms with Crippen LogP contribution in [-0.2, 0) is 16.1 Å². The topological polar surface area (TPSA) is 137 Å². The summed E-state index contributed by atoms with van der Waals surface area (Å²) >= 11 is 0. The fraction of sp³-hybridized carbons (Fsp3) is 0.226. The van der Waals surface area contributed by atoms with Crippen LogP contribution in [0.5, 0.6) is 11.5 Å². The van der Waals surface area contributed by atoms with Crippen LogP contribution < -0.4 is 25.7 Å². The second kappa shape index (κ2) is 13.4. The van der Waals surface area contributed by atoms with Gasteiger partial charge in [0.2, 0.25) is 11.5 Å². The lowest BCUT2D eigenvalue weighted by Gasteiger charge is -2.15. The van der Waals surface area contributed by atoms with Crippen molar-refractivity contribution in [2.24, 2.45) is 4.99 Å². The van der Waals surface area contributed by atoms with Crippen molar-refractivity contribution >= 4 is 40.4 Å². The Labute approximate surface area is 241 Å². The van der Waals surface area contributed by atoms with Crippen molar-refractivity contribution in [2.75, 3.05) is 32.1 Å². The Morgan fingerprint density at radius 2 is 1.95 bits per heavy atom. The summed E-state index contributed by atoms with van der Waals surface area (Å²) in [4.78, 5) is 50.1. The van der Waals surface area contributed by atoms with Gasteiger partial charge in [-0.2, -0.15) is 4.99 Å². The smallest absolute Gasteiger partial charge is 0.281 e. The zero-order chi connectivity index (χ0) is 29.3. The maximum atomic E-state index is 12.8. The minimum Gasteiger partial charge on any atom is -0.491 e. The average molecular weight is 567 g/mol. The fourth-order valence-electron chi connectivity index (χ4n) is 4.50. The first-order valence-electron chi connectivity index (χ1n) is 13.5. The Bertz CT molecular complexity index is 1700. The molecule has 0 atom stereocenters. The molecule has 3 heterocycles. The summed E-state index contributed by atoms with van der Waals surface area (Å²) < 4.78 is 13.4. The van der Waals surface area contributed by atoms with Crippen LogP contribution >= 0.6 is 0 Å². The van der Waals surface area contributed by atoms with Crippen LogP contribution in [0.1, 0.15) is 28.8 Å². The summed E-state index contributed by atoms with van der Waals surface area (Å²) in [7, 11) is 1.51. The lowest BCUT2D eigenvalue weighted by molar-refractivity contribution is -0.123. The van der Waals surface area contributed by atoms with Crippen LogP contribution in [0.25, 0.3) is 17.0 Å². The van der Waals surface area contributed by atoms with Crippen molar-refractivity contribution in [2.45, 2.75) is 19.4 Å². The number of aromatic nitrogens is 3. The molecular formula is C31H30N6O5. The van der Waals surface area contributed by atoms with Gasteiger partial charge in [-0.15, -0.1) is 0 Å². The number of allylic oxidation sites excluding steroid dienone is 1. The fourth-order valence-corrected chi connectivity index (χ4v) is 4.50. The van der Waals surface area contributed by atoms with Gasteiger partial charge in [-0.1, -0.05) is 36.4 Å². The van der Waals surface area contributed by atoms with E-state index in [-0.39, 0.29) is 43.3 Å². The number of ketones is 1. The number of hydrogen-bond acceptors (Lipinski definition) is 8. The SMILES string of the molecule is COc1c(OCCNC(=O)CCC(=O)C=Cc2ccccc2)ccc2c3n(c(=NC(=O)c4cccnc4)nc12)CCN3. The third kappa shape index (κ3) is 6.69. The highest BCUT2D eigenvalue weighted by Gasteiger charge is 2.21. The van der Waals surface area contributed by atoms with Gasteiger partial charge in [0.25, 0.3) is 5.91 Å². The van der Waals surface area contributed by atoms with E-state index >= 15 is 0 Å². The predicted octanol–water partition coefficient (Wildman–Crippen LogP) is 3.16. The Balaban J connectivity index is 1.23. The molecule has 0 fully saturated rings. The highest BCUT2D eigenvalue weighted by molar-refractivity contribution is 5.97. The van der Waals surface area contributed by atoms with Gasteiger partial charge in [-0.05, 0) is 35.9 Å². The lowest BCUT2D eigenvalue weighted by atomic mass is 10.1. The Morgan fingerprint density at radius 3 is 2.74 bits per heavy atom. The Hall–Kier alpha value is -5.32. The van der Waals surface area contributed by atoms with E-state index in [9.17, 15) is 14.4 Å². The quantitative estimate of drug-likeness (QED) is 0.209. The van der Waals surface area contributed by atoms with Crippen molar-refractivity contribution < 1.29 is 23.9 Å². The molecule has 42 heavy (non-hydrogen) atoms. The molecule has 214 valence electrons. The molecule has 2 amide bonds. The number of methoxy groups -OCH3 is 1. The third-order valence-corrected chi connectivity index (χ3v) is 6.56. The van der Waals surface area contributed by atoms with Crippen molar-refractivity contribution in [3.8, 4) is 11.5 Å². The standard InChI is InChI=1S/C31H30N6O5/c1-41-28-25(42-19-17-33-26(39)14-11-23(38)10-9-21-6-3-2-4-7-21)13-12-24-27(28)35-31(37-18-16-34-29(24)37)36-30(40)22-8-5-15-32-20-22/h2-10,12-13,15,20,34H,11,14,16-19H2,1H3,(H,33,39). The molecule has 2 aromatic carbocycles. The van der Waals surface area contributed by atoms with E-state index in [4.69, 9.17) is 9.47 Å². The van der Waals surface area contributed by atoms with Crippen LogP contribution in [0, 0.1) is 0 Å². The van der Waals surface area contributed by atoms with Crippen LogP contribution in [0.3, 0.4) is 0 Å². The zero-order valence-electron chi connectivity index (χ0n) is 23.1. The number of nitrogens with one attached hydrogen (secondary N) is 2. The van der Waals surface area contributed by atoms with Gasteiger partial charge >= 0.3 is 0 Å². The molecule has 0 bridgehead atoms. The number of hydrogen-bond donors (Lipinski definition) is 2. The highest BCUT2D eigenvalue weighted by Crippen LogP contribution is 2.37. The predicted molar refractivity (Wildman–Crippen MR) is 157 cm³/mol. The maximum Gasteiger partial charge on any atom is 0.281 e. The number of pyridine rings is 1. The second-order valence-corrected chi connectivity index (χ2v) is 9.40. The van der Waals surface area contributed by atoms with Gasteiger partial charge < -0.3 is 20.1 Å². The van der Waals surface area contributed by atoms with Crippen LogP contribution in [0.2, 0.25) is 0 Å². The van der Waals surface area contributed by atoms with Gasteiger partial charge in [0.05, 0.1) is 19.2 Å². The van der Waals surface area contributed by atoms with E-state index in [2.05, 4.69) is 25.6 Å². The molecule has 0 saturated heterocycles. The molecule has 1 aliphatic heterocycles. The molecule has 0 radical (unpaired) electrons. The summed E-state index contributed by atoms with van der Waals surface area (Å²) in [6, 6.07) is 16.5. The normalized spacial score (nSPS) is 12.6. The number of carbonyl (C=O) groups excluding carboxylic acids is 3. The van der Waals surface area contributed by atoms with E-state index in [1.54, 1.807) is 30.5 Å². The molecule has 1 aliphatic rings. The first-order chi connectivity index (χ1) is 20.5. The van der Waals surface area contributed by atoms with Crippen molar-refractivity contribution in [3.63, 3.8) is 0 Å². The van der Waals surface area contributed by atoms with Crippen LogP contribution in [-0.4, -0.2) is 58.9 Å². The molecule has 11 heteroatoms. The molecule has 0 saturated carbocycles. The van der Waals surface area contributed by atoms with Gasteiger partial charge in [0, 0.05) is 43.7 Å². The number of carbonyl (C=O) groups is 3. The molecule has 0 unspecified atom stereocenters. The third-order valence-electron chi connectivity index (χ3n) is 6.56. The van der Waals surface area contributed by atoms with Crippen molar-refractivity contribution in [1.29, 1.82) is 0 Å². The monoisotopic (exact) mass is 566 g/mol. The van der Waals surface area contributed by atoms with E-state index in [0.29, 0.717) is 35.7 Å². The second-order valence-electron chi connectivity index (χ2n) is 9.40. The number of anilines is 1. The molecular weight excluding hydrogens is 536 g/mol.